The molecule has 0 bridgehead atoms. The molecule has 2 unspecified atom stereocenters. The van der Waals surface area contributed by atoms with Crippen LogP contribution in [0.15, 0.2) is 76.6 Å². The van der Waals surface area contributed by atoms with E-state index in [9.17, 15) is 37.5 Å². The summed E-state index contributed by atoms with van der Waals surface area (Å²) in [6.45, 7) is -0.439. The van der Waals surface area contributed by atoms with Gasteiger partial charge in [0.05, 0.1) is 32.2 Å². The highest BCUT2D eigenvalue weighted by molar-refractivity contribution is 8.00. The van der Waals surface area contributed by atoms with Crippen LogP contribution in [0, 0.1) is 5.92 Å². The number of halogens is 5. The van der Waals surface area contributed by atoms with Crippen molar-refractivity contribution in [1.29, 1.82) is 0 Å². The molecule has 3 heterocycles. The maximum atomic E-state index is 14.0. The van der Waals surface area contributed by atoms with Crippen molar-refractivity contribution in [3.05, 3.63) is 102 Å². The van der Waals surface area contributed by atoms with Gasteiger partial charge < -0.3 is 10.4 Å². The first kappa shape index (κ1) is 30.3. The van der Waals surface area contributed by atoms with Crippen molar-refractivity contribution in [3.8, 4) is 5.75 Å². The van der Waals surface area contributed by atoms with Crippen LogP contribution in [0.1, 0.15) is 21.9 Å². The monoisotopic (exact) mass is 679 g/mol. The van der Waals surface area contributed by atoms with Crippen molar-refractivity contribution in [3.63, 3.8) is 0 Å². The summed E-state index contributed by atoms with van der Waals surface area (Å²) in [5.74, 6) is -4.19. The zero-order chi connectivity index (χ0) is 31.5. The lowest BCUT2D eigenvalue weighted by Gasteiger charge is -2.31. The molecule has 0 spiro atoms. The zero-order valence-electron chi connectivity index (χ0n) is 22.0. The van der Waals surface area contributed by atoms with Gasteiger partial charge in [-0.3, -0.25) is 23.7 Å². The number of thiazole rings is 1. The maximum Gasteiger partial charge on any atom is 0.416 e. The van der Waals surface area contributed by atoms with Crippen LogP contribution in [0.2, 0.25) is 10.0 Å². The number of benzene rings is 3. The summed E-state index contributed by atoms with van der Waals surface area (Å²) < 4.78 is 41.7. The Morgan fingerprint density at radius 3 is 2.39 bits per heavy atom. The van der Waals surface area contributed by atoms with Gasteiger partial charge in [-0.25, -0.2) is 4.90 Å². The van der Waals surface area contributed by atoms with E-state index in [0.29, 0.717) is 16.1 Å². The van der Waals surface area contributed by atoms with Crippen molar-refractivity contribution < 1.29 is 32.7 Å². The van der Waals surface area contributed by atoms with Crippen molar-refractivity contribution in [1.82, 2.24) is 4.57 Å². The smallest absolute Gasteiger partial charge is 0.416 e. The first-order valence-electron chi connectivity index (χ1n) is 12.8. The predicted molar refractivity (Wildman–Crippen MR) is 161 cm³/mol. The quantitative estimate of drug-likeness (QED) is 0.187. The van der Waals surface area contributed by atoms with Gasteiger partial charge in [0.1, 0.15) is 17.5 Å². The number of phenolic OH excluding ortho intramolecular Hbond substituents is 1. The van der Waals surface area contributed by atoms with Crippen molar-refractivity contribution in [2.75, 3.05) is 10.2 Å². The summed E-state index contributed by atoms with van der Waals surface area (Å²) in [6.07, 6.45) is -4.71. The normalized spacial score (nSPS) is 19.6. The summed E-state index contributed by atoms with van der Waals surface area (Å²) in [5.41, 5.74) is -0.547. The van der Waals surface area contributed by atoms with E-state index in [-0.39, 0.29) is 26.5 Å². The average Bonchev–Trinajstić information content (AvgIpc) is 3.41. The zero-order valence-corrected chi connectivity index (χ0v) is 25.1. The Kier molecular flexibility index (Phi) is 7.77. The molecule has 2 aliphatic heterocycles. The summed E-state index contributed by atoms with van der Waals surface area (Å²) >= 11 is 14.6. The lowest BCUT2D eigenvalue weighted by molar-refractivity contribution is -0.137. The summed E-state index contributed by atoms with van der Waals surface area (Å²) in [6, 6.07) is 14.4. The molecule has 3 amide bonds. The highest BCUT2D eigenvalue weighted by Gasteiger charge is 2.57. The number of alkyl halides is 3. The summed E-state index contributed by atoms with van der Waals surface area (Å²) in [4.78, 5) is 54.6. The van der Waals surface area contributed by atoms with E-state index >= 15 is 0 Å². The molecule has 1 saturated heterocycles. The fourth-order valence-electron chi connectivity index (χ4n) is 5.32. The van der Waals surface area contributed by atoms with E-state index in [4.69, 9.17) is 23.2 Å². The summed E-state index contributed by atoms with van der Waals surface area (Å²) in [7, 11) is 0. The Bertz CT molecular complexity index is 1890. The van der Waals surface area contributed by atoms with Gasteiger partial charge >= 0.3 is 11.0 Å². The highest BCUT2D eigenvalue weighted by atomic mass is 35.5. The van der Waals surface area contributed by atoms with Crippen LogP contribution in [0.5, 0.6) is 5.75 Å². The average molecular weight is 681 g/mol. The lowest BCUT2D eigenvalue weighted by Crippen LogP contribution is -2.33. The van der Waals surface area contributed by atoms with Gasteiger partial charge in [0.15, 0.2) is 0 Å². The second-order valence-corrected chi connectivity index (χ2v) is 12.9. The van der Waals surface area contributed by atoms with E-state index < -0.39 is 58.0 Å². The lowest BCUT2D eigenvalue weighted by atomic mass is 9.83. The molecule has 0 radical (unpaired) electrons. The van der Waals surface area contributed by atoms with E-state index in [1.54, 1.807) is 12.1 Å². The number of phenols is 1. The SMILES string of the molecule is O=C(Cn1c2c(sc1=O)[C@H](c1cccc(Cl)c1Cl)C1C(=O)N(c3cccc(C(F)(F)F)c3)C(=O)C1S2)Nc1ccc(O)cc1. The van der Waals surface area contributed by atoms with Gasteiger partial charge in [-0.05, 0) is 54.1 Å². The fourth-order valence-corrected chi connectivity index (χ4v) is 8.51. The number of aromatic nitrogens is 1. The molecule has 44 heavy (non-hydrogen) atoms. The largest absolute Gasteiger partial charge is 0.508 e. The number of imide groups is 1. The van der Waals surface area contributed by atoms with Crippen LogP contribution < -0.4 is 15.1 Å². The van der Waals surface area contributed by atoms with Crippen molar-refractivity contribution in [2.24, 2.45) is 5.92 Å². The minimum Gasteiger partial charge on any atom is -0.508 e. The van der Waals surface area contributed by atoms with E-state index in [1.165, 1.54) is 41.0 Å². The van der Waals surface area contributed by atoms with Crippen LogP contribution in [0.3, 0.4) is 0 Å². The van der Waals surface area contributed by atoms with Crippen LogP contribution in [0.4, 0.5) is 24.5 Å². The molecule has 1 aromatic heterocycles. The number of hydrogen-bond donors (Lipinski definition) is 2. The number of fused-ring (bicyclic) bond motifs is 2. The van der Waals surface area contributed by atoms with E-state index in [0.717, 1.165) is 46.2 Å². The highest BCUT2D eigenvalue weighted by Crippen LogP contribution is 2.55. The van der Waals surface area contributed by atoms with Gasteiger partial charge in [0, 0.05) is 16.5 Å². The molecular formula is C29H18Cl2F3N3O5S2. The Hall–Kier alpha value is -3.78. The Morgan fingerprint density at radius 1 is 0.977 bits per heavy atom. The molecule has 3 aromatic carbocycles. The Labute approximate surface area is 265 Å². The van der Waals surface area contributed by atoms with Gasteiger partial charge in [-0.15, -0.1) is 0 Å². The molecule has 1 fully saturated rings. The number of rotatable bonds is 5. The third-order valence-electron chi connectivity index (χ3n) is 7.25. The molecule has 4 aromatic rings. The second kappa shape index (κ2) is 11.3. The van der Waals surface area contributed by atoms with E-state index in [2.05, 4.69) is 5.32 Å². The first-order valence-corrected chi connectivity index (χ1v) is 15.3. The number of aromatic hydroxyl groups is 1. The number of hydrogen-bond acceptors (Lipinski definition) is 7. The van der Waals surface area contributed by atoms with Crippen molar-refractivity contribution >= 4 is 75.4 Å². The van der Waals surface area contributed by atoms with Crippen LogP contribution in [0.25, 0.3) is 0 Å². The Morgan fingerprint density at radius 2 is 1.68 bits per heavy atom. The minimum absolute atomic E-state index is 0.00208. The van der Waals surface area contributed by atoms with Gasteiger partial charge in [-0.1, -0.05) is 64.5 Å². The molecule has 0 saturated carbocycles. The predicted octanol–water partition coefficient (Wildman–Crippen LogP) is 6.38. The summed E-state index contributed by atoms with van der Waals surface area (Å²) in [5, 5.41) is 11.5. The third kappa shape index (κ3) is 5.27. The molecule has 0 aliphatic carbocycles. The third-order valence-corrected chi connectivity index (χ3v) is 10.7. The van der Waals surface area contributed by atoms with Gasteiger partial charge in [-0.2, -0.15) is 13.2 Å². The molecule has 226 valence electrons. The van der Waals surface area contributed by atoms with Gasteiger partial charge in [0.25, 0.3) is 0 Å². The van der Waals surface area contributed by atoms with Crippen molar-refractivity contribution in [2.45, 2.75) is 28.9 Å². The number of amides is 3. The number of carbonyl (C=O) groups is 3. The number of nitrogens with zero attached hydrogens (tertiary/aromatic N) is 2. The number of carbonyl (C=O) groups excluding carboxylic acids is 3. The standard InChI is InChI=1S/C29H18Cl2F3N3O5S2/c30-18-6-2-5-17(22(18)31)20-21-23(26(41)37(25(21)40)15-4-1-3-13(11-15)29(32,33)34)43-27-24(20)44-28(42)36(27)12-19(39)35-14-7-9-16(38)10-8-14/h1-11,20-21,23,38H,12H2,(H,35,39)/t20-,21?,23?/m1/s1. The molecule has 3 atom stereocenters. The molecule has 2 aliphatic rings. The first-order chi connectivity index (χ1) is 20.8. The van der Waals surface area contributed by atoms with Crippen LogP contribution in [-0.2, 0) is 27.1 Å². The number of thioether (sulfide) groups is 1. The van der Waals surface area contributed by atoms with Gasteiger partial charge in [0.2, 0.25) is 17.7 Å². The molecule has 6 rings (SSSR count). The number of nitrogens with one attached hydrogen (secondary N) is 1. The molecule has 15 heteroatoms. The Balaban J connectivity index is 1.43. The molecule has 8 nitrogen and oxygen atoms in total. The number of anilines is 2. The van der Waals surface area contributed by atoms with E-state index in [1.807, 2.05) is 0 Å². The fraction of sp³-hybridized carbons (Fsp3) is 0.172. The minimum atomic E-state index is -4.71. The molecule has 2 N–H and O–H groups in total. The maximum absolute atomic E-state index is 14.0. The molecular weight excluding hydrogens is 662 g/mol. The second-order valence-electron chi connectivity index (χ2n) is 9.96. The van der Waals surface area contributed by atoms with Crippen LogP contribution in [-0.4, -0.2) is 32.6 Å². The van der Waals surface area contributed by atoms with Crippen LogP contribution >= 0.6 is 46.3 Å². The topological polar surface area (TPSA) is 109 Å².